The number of rotatable bonds is 5. The minimum Gasteiger partial charge on any atom is -0.346 e. The Balaban J connectivity index is 1.29. The zero-order valence-corrected chi connectivity index (χ0v) is 18.3. The number of nitrogens with zero attached hydrogens (tertiary/aromatic N) is 2. The number of benzene rings is 1. The molecule has 3 aromatic rings. The Hall–Kier alpha value is -2.22. The maximum absolute atomic E-state index is 12.5. The normalized spacial score (nSPS) is 15.1. The van der Waals surface area contributed by atoms with Crippen molar-refractivity contribution in [3.05, 3.63) is 57.1 Å². The number of hydrogen-bond donors (Lipinski definition) is 1. The highest BCUT2D eigenvalue weighted by molar-refractivity contribution is 7.17. The van der Waals surface area contributed by atoms with Crippen LogP contribution < -0.4 is 5.32 Å². The highest BCUT2D eigenvalue weighted by atomic mass is 32.1. The van der Waals surface area contributed by atoms with E-state index in [2.05, 4.69) is 46.1 Å². The Labute approximate surface area is 178 Å². The van der Waals surface area contributed by atoms with Crippen LogP contribution in [-0.4, -0.2) is 47.8 Å². The minimum absolute atomic E-state index is 0.186. The Kier molecular flexibility index (Phi) is 5.99. The molecule has 0 spiro atoms. The number of carbonyl (C=O) groups excluding carboxylic acids is 2. The summed E-state index contributed by atoms with van der Waals surface area (Å²) in [6.45, 7) is 4.90. The second-order valence-corrected chi connectivity index (χ2v) is 9.48. The van der Waals surface area contributed by atoms with E-state index in [4.69, 9.17) is 0 Å². The van der Waals surface area contributed by atoms with Crippen LogP contribution in [0.4, 0.5) is 0 Å². The summed E-state index contributed by atoms with van der Waals surface area (Å²) in [7, 11) is 1.68. The third kappa shape index (κ3) is 4.37. The van der Waals surface area contributed by atoms with Crippen molar-refractivity contribution in [2.45, 2.75) is 32.5 Å². The van der Waals surface area contributed by atoms with Gasteiger partial charge in [-0.05, 0) is 52.8 Å². The van der Waals surface area contributed by atoms with E-state index in [0.29, 0.717) is 13.1 Å². The number of likely N-dealkylation sites (N-methyl/N-ethyl adjacent to an activating group) is 1. The molecule has 0 aliphatic carbocycles. The van der Waals surface area contributed by atoms with Crippen molar-refractivity contribution in [2.75, 3.05) is 20.1 Å². The molecular weight excluding hydrogens is 402 g/mol. The number of thiophene rings is 2. The van der Waals surface area contributed by atoms with E-state index in [-0.39, 0.29) is 6.04 Å². The molecule has 0 fully saturated rings. The van der Waals surface area contributed by atoms with Crippen LogP contribution in [0, 0.1) is 0 Å². The fourth-order valence-corrected chi connectivity index (χ4v) is 5.59. The van der Waals surface area contributed by atoms with Crippen LogP contribution in [0.2, 0.25) is 0 Å². The molecule has 0 bridgehead atoms. The maximum atomic E-state index is 12.5. The molecule has 1 aromatic carbocycles. The highest BCUT2D eigenvalue weighted by Gasteiger charge is 2.24. The van der Waals surface area contributed by atoms with E-state index in [9.17, 15) is 9.59 Å². The van der Waals surface area contributed by atoms with Gasteiger partial charge in [0.15, 0.2) is 0 Å². The van der Waals surface area contributed by atoms with Gasteiger partial charge in [0, 0.05) is 48.8 Å². The predicted octanol–water partition coefficient (Wildman–Crippen LogP) is 3.48. The van der Waals surface area contributed by atoms with Crippen molar-refractivity contribution in [1.29, 1.82) is 0 Å². The van der Waals surface area contributed by atoms with Crippen molar-refractivity contribution < 1.29 is 9.59 Å². The van der Waals surface area contributed by atoms with E-state index in [1.54, 1.807) is 18.4 Å². The van der Waals surface area contributed by atoms with Crippen molar-refractivity contribution in [3.8, 4) is 0 Å². The molecule has 4 rings (SSSR count). The Bertz CT molecular complexity index is 1030. The average Bonchev–Trinajstić information content (AvgIpc) is 3.37. The third-order valence-corrected chi connectivity index (χ3v) is 7.56. The Morgan fingerprint density at radius 1 is 1.24 bits per heavy atom. The van der Waals surface area contributed by atoms with E-state index < -0.39 is 11.8 Å². The first-order valence-electron chi connectivity index (χ1n) is 9.80. The number of amides is 2. The summed E-state index contributed by atoms with van der Waals surface area (Å²) in [6, 6.07) is 10.5. The van der Waals surface area contributed by atoms with E-state index in [1.807, 2.05) is 23.5 Å². The minimum atomic E-state index is -0.535. The number of nitrogens with one attached hydrogen (secondary N) is 1. The first kappa shape index (κ1) is 20.1. The van der Waals surface area contributed by atoms with Crippen LogP contribution >= 0.6 is 22.7 Å². The molecule has 1 atom stereocenters. The molecule has 2 amide bonds. The van der Waals surface area contributed by atoms with Gasteiger partial charge in [-0.15, -0.1) is 22.7 Å². The van der Waals surface area contributed by atoms with E-state index in [1.165, 1.54) is 20.0 Å². The predicted molar refractivity (Wildman–Crippen MR) is 119 cm³/mol. The van der Waals surface area contributed by atoms with Gasteiger partial charge in [-0.25, -0.2) is 0 Å². The average molecular weight is 428 g/mol. The van der Waals surface area contributed by atoms with Gasteiger partial charge in [0.05, 0.1) is 0 Å². The van der Waals surface area contributed by atoms with Gasteiger partial charge in [-0.2, -0.15) is 0 Å². The molecule has 1 aliphatic rings. The van der Waals surface area contributed by atoms with Crippen LogP contribution in [0.15, 0.2) is 41.1 Å². The van der Waals surface area contributed by atoms with Gasteiger partial charge >= 0.3 is 11.8 Å². The monoisotopic (exact) mass is 427 g/mol. The van der Waals surface area contributed by atoms with Crippen LogP contribution in [0.3, 0.4) is 0 Å². The molecule has 29 heavy (non-hydrogen) atoms. The van der Waals surface area contributed by atoms with Gasteiger partial charge in [-0.1, -0.05) is 18.2 Å². The van der Waals surface area contributed by atoms with Gasteiger partial charge in [0.25, 0.3) is 0 Å². The highest BCUT2D eigenvalue weighted by Crippen LogP contribution is 2.27. The fourth-order valence-electron chi connectivity index (χ4n) is 3.75. The summed E-state index contributed by atoms with van der Waals surface area (Å²) in [5.41, 5.74) is 2.46. The molecule has 2 aromatic heterocycles. The van der Waals surface area contributed by atoms with Gasteiger partial charge in [-0.3, -0.25) is 14.5 Å². The quantitative estimate of drug-likeness (QED) is 0.634. The molecule has 0 saturated heterocycles. The third-order valence-electron chi connectivity index (χ3n) is 5.53. The van der Waals surface area contributed by atoms with Gasteiger partial charge < -0.3 is 10.2 Å². The molecule has 0 saturated carbocycles. The lowest BCUT2D eigenvalue weighted by Gasteiger charge is -2.32. The lowest BCUT2D eigenvalue weighted by molar-refractivity contribution is -0.145. The van der Waals surface area contributed by atoms with Crippen molar-refractivity contribution in [3.63, 3.8) is 0 Å². The summed E-state index contributed by atoms with van der Waals surface area (Å²) in [4.78, 5) is 30.3. The summed E-state index contributed by atoms with van der Waals surface area (Å²) in [5, 5.41) is 8.17. The van der Waals surface area contributed by atoms with Crippen molar-refractivity contribution >= 4 is 44.6 Å². The van der Waals surface area contributed by atoms with Crippen molar-refractivity contribution in [2.24, 2.45) is 0 Å². The molecule has 1 unspecified atom stereocenters. The van der Waals surface area contributed by atoms with Crippen LogP contribution in [-0.2, 0) is 29.1 Å². The van der Waals surface area contributed by atoms with E-state index in [0.717, 1.165) is 30.5 Å². The second-order valence-electron chi connectivity index (χ2n) is 7.57. The fraction of sp³-hybridized carbons (Fsp3) is 0.364. The summed E-state index contributed by atoms with van der Waals surface area (Å²) in [5.74, 6) is -1.03. The molecule has 0 radical (unpaired) electrons. The van der Waals surface area contributed by atoms with Crippen LogP contribution in [0.1, 0.15) is 22.9 Å². The first-order valence-corrected chi connectivity index (χ1v) is 11.6. The molecular formula is C22H25N3O2S2. The van der Waals surface area contributed by atoms with Crippen LogP contribution in [0.5, 0.6) is 0 Å². The molecule has 1 aliphatic heterocycles. The Morgan fingerprint density at radius 3 is 2.93 bits per heavy atom. The maximum Gasteiger partial charge on any atom is 0.311 e. The standard InChI is InChI=1S/C22H25N3O2S2/c1-15(25-9-7-19-16(13-25)8-10-28-19)11-23-21(26)22(27)24(2)12-17-14-29-20-6-4-3-5-18(17)20/h3-6,8,10,14-15H,7,9,11-13H2,1-2H3,(H,23,26). The lowest BCUT2D eigenvalue weighted by Crippen LogP contribution is -2.47. The number of carbonyl (C=O) groups is 2. The molecule has 1 N–H and O–H groups in total. The van der Waals surface area contributed by atoms with Gasteiger partial charge in [0.1, 0.15) is 0 Å². The summed E-state index contributed by atoms with van der Waals surface area (Å²) < 4.78 is 1.19. The number of hydrogen-bond acceptors (Lipinski definition) is 5. The Morgan fingerprint density at radius 2 is 2.07 bits per heavy atom. The first-order chi connectivity index (χ1) is 14.0. The SMILES string of the molecule is CC(CNC(=O)C(=O)N(C)Cc1csc2ccccc12)N1CCc2sccc2C1. The largest absolute Gasteiger partial charge is 0.346 e. The molecule has 3 heterocycles. The summed E-state index contributed by atoms with van der Waals surface area (Å²) >= 11 is 3.48. The van der Waals surface area contributed by atoms with Crippen LogP contribution in [0.25, 0.3) is 10.1 Å². The molecule has 152 valence electrons. The number of fused-ring (bicyclic) bond motifs is 2. The smallest absolute Gasteiger partial charge is 0.311 e. The van der Waals surface area contributed by atoms with E-state index >= 15 is 0 Å². The zero-order valence-electron chi connectivity index (χ0n) is 16.7. The van der Waals surface area contributed by atoms with Crippen molar-refractivity contribution in [1.82, 2.24) is 15.1 Å². The molecule has 7 heteroatoms. The van der Waals surface area contributed by atoms with Gasteiger partial charge in [0.2, 0.25) is 0 Å². The molecule has 5 nitrogen and oxygen atoms in total. The lowest BCUT2D eigenvalue weighted by atomic mass is 10.1. The zero-order chi connectivity index (χ0) is 20.4. The topological polar surface area (TPSA) is 52.7 Å². The second kappa shape index (κ2) is 8.65. The summed E-state index contributed by atoms with van der Waals surface area (Å²) in [6.07, 6.45) is 1.06.